The highest BCUT2D eigenvalue weighted by molar-refractivity contribution is 7.21. The number of aliphatic hydroxyl groups is 1. The van der Waals surface area contributed by atoms with Crippen LogP contribution in [0, 0.1) is 0 Å². The van der Waals surface area contributed by atoms with Crippen molar-refractivity contribution in [1.82, 2.24) is 5.32 Å². The number of carboxylic acid groups (broad SMARTS) is 1. The minimum atomic E-state index is -0.902. The molecule has 1 heterocycles. The summed E-state index contributed by atoms with van der Waals surface area (Å²) in [4.78, 5) is 11.6. The fourth-order valence-electron chi connectivity index (χ4n) is 1.94. The van der Waals surface area contributed by atoms with Gasteiger partial charge in [-0.3, -0.25) is 0 Å². The maximum atomic E-state index is 11.3. The third-order valence-electron chi connectivity index (χ3n) is 2.75. The maximum absolute atomic E-state index is 11.3. The molecule has 0 fully saturated rings. The lowest BCUT2D eigenvalue weighted by molar-refractivity contribution is 0.0701. The molecule has 0 amide bonds. The van der Waals surface area contributed by atoms with Gasteiger partial charge in [0.15, 0.2) is 0 Å². The van der Waals surface area contributed by atoms with Crippen molar-refractivity contribution in [1.29, 1.82) is 0 Å². The highest BCUT2D eigenvalue weighted by Gasteiger charge is 2.18. The van der Waals surface area contributed by atoms with Crippen LogP contribution in [-0.4, -0.2) is 28.3 Å². The summed E-state index contributed by atoms with van der Waals surface area (Å²) in [5.41, 5.74) is -0.0211. The Labute approximate surface area is 115 Å². The largest absolute Gasteiger partial charge is 0.477 e. The molecule has 0 aliphatic heterocycles. The minimum Gasteiger partial charge on any atom is -0.477 e. The van der Waals surface area contributed by atoms with E-state index in [1.54, 1.807) is 13.8 Å². The average Bonchev–Trinajstić information content (AvgIpc) is 2.67. The van der Waals surface area contributed by atoms with Gasteiger partial charge in [-0.05, 0) is 30.9 Å². The quantitative estimate of drug-likeness (QED) is 0.786. The summed E-state index contributed by atoms with van der Waals surface area (Å²) in [5, 5.41) is 23.0. The van der Waals surface area contributed by atoms with Crippen molar-refractivity contribution in [3.63, 3.8) is 0 Å². The molecule has 0 unspecified atom stereocenters. The van der Waals surface area contributed by atoms with Gasteiger partial charge in [-0.1, -0.05) is 18.2 Å². The van der Waals surface area contributed by atoms with Crippen molar-refractivity contribution in [3.8, 4) is 0 Å². The Morgan fingerprint density at radius 2 is 2.05 bits per heavy atom. The Morgan fingerprint density at radius 3 is 2.68 bits per heavy atom. The van der Waals surface area contributed by atoms with Gasteiger partial charge in [0.1, 0.15) is 4.88 Å². The lowest BCUT2D eigenvalue weighted by atomic mass is 10.1. The Bertz CT molecular complexity index is 598. The summed E-state index contributed by atoms with van der Waals surface area (Å²) in [6.45, 7) is 4.28. The predicted octanol–water partition coefficient (Wildman–Crippen LogP) is 2.46. The van der Waals surface area contributed by atoms with E-state index in [0.717, 1.165) is 15.6 Å². The van der Waals surface area contributed by atoms with Gasteiger partial charge in [-0.2, -0.15) is 0 Å². The topological polar surface area (TPSA) is 69.6 Å². The molecule has 0 saturated carbocycles. The first-order chi connectivity index (χ1) is 8.88. The second-order valence-electron chi connectivity index (χ2n) is 5.13. The molecular formula is C14H17NO3S. The second kappa shape index (κ2) is 5.28. The first kappa shape index (κ1) is 14.0. The van der Waals surface area contributed by atoms with Crippen molar-refractivity contribution >= 4 is 27.4 Å². The number of thiophene rings is 1. The molecule has 5 heteroatoms. The molecule has 3 N–H and O–H groups in total. The van der Waals surface area contributed by atoms with Gasteiger partial charge >= 0.3 is 5.97 Å². The van der Waals surface area contributed by atoms with Crippen LogP contribution in [0.5, 0.6) is 0 Å². The summed E-state index contributed by atoms with van der Waals surface area (Å²) >= 11 is 1.29. The number of fused-ring (bicyclic) bond motifs is 1. The Kier molecular flexibility index (Phi) is 3.89. The number of benzene rings is 1. The normalized spacial score (nSPS) is 11.9. The average molecular weight is 279 g/mol. The smallest absolute Gasteiger partial charge is 0.346 e. The number of carboxylic acids is 1. The molecule has 0 spiro atoms. The standard InChI is InChI=1S/C14H17NO3S/c1-14(2,18)8-15-7-10-9-5-3-4-6-11(9)19-12(10)13(16)17/h3-6,15,18H,7-8H2,1-2H3,(H,16,17). The number of rotatable bonds is 5. The first-order valence-corrected chi connectivity index (χ1v) is 6.87. The molecule has 0 bridgehead atoms. The van der Waals surface area contributed by atoms with Crippen LogP contribution in [-0.2, 0) is 6.54 Å². The van der Waals surface area contributed by atoms with Crippen LogP contribution < -0.4 is 5.32 Å². The van der Waals surface area contributed by atoms with Crippen LogP contribution in [0.4, 0.5) is 0 Å². The van der Waals surface area contributed by atoms with Gasteiger partial charge in [0.25, 0.3) is 0 Å². The molecule has 0 saturated heterocycles. The zero-order chi connectivity index (χ0) is 14.0. The fourth-order valence-corrected chi connectivity index (χ4v) is 3.00. The van der Waals surface area contributed by atoms with Crippen molar-refractivity contribution in [3.05, 3.63) is 34.7 Å². The molecule has 0 radical (unpaired) electrons. The highest BCUT2D eigenvalue weighted by Crippen LogP contribution is 2.31. The summed E-state index contributed by atoms with van der Waals surface area (Å²) in [6.07, 6.45) is 0. The van der Waals surface area contributed by atoms with Gasteiger partial charge < -0.3 is 15.5 Å². The number of aromatic carboxylic acids is 1. The van der Waals surface area contributed by atoms with Gasteiger partial charge in [0.05, 0.1) is 5.60 Å². The molecule has 0 aliphatic carbocycles. The van der Waals surface area contributed by atoms with E-state index in [9.17, 15) is 15.0 Å². The lowest BCUT2D eigenvalue weighted by Gasteiger charge is -2.17. The van der Waals surface area contributed by atoms with Crippen molar-refractivity contribution in [2.24, 2.45) is 0 Å². The summed E-state index contributed by atoms with van der Waals surface area (Å²) in [6, 6.07) is 7.66. The van der Waals surface area contributed by atoms with Crippen LogP contribution in [0.3, 0.4) is 0 Å². The maximum Gasteiger partial charge on any atom is 0.346 e. The molecular weight excluding hydrogens is 262 g/mol. The van der Waals surface area contributed by atoms with Crippen molar-refractivity contribution < 1.29 is 15.0 Å². The van der Waals surface area contributed by atoms with E-state index in [0.29, 0.717) is 18.0 Å². The summed E-state index contributed by atoms with van der Waals surface area (Å²) in [7, 11) is 0. The fraction of sp³-hybridized carbons (Fsp3) is 0.357. The molecule has 0 aliphatic rings. The number of nitrogens with one attached hydrogen (secondary N) is 1. The van der Waals surface area contributed by atoms with Crippen LogP contribution >= 0.6 is 11.3 Å². The van der Waals surface area contributed by atoms with E-state index in [-0.39, 0.29) is 0 Å². The number of carbonyl (C=O) groups is 1. The summed E-state index contributed by atoms with van der Waals surface area (Å²) in [5.74, 6) is -0.902. The Balaban J connectivity index is 2.29. The van der Waals surface area contributed by atoms with Gasteiger partial charge in [-0.15, -0.1) is 11.3 Å². The van der Waals surface area contributed by atoms with Gasteiger partial charge in [0, 0.05) is 17.8 Å². The number of hydrogen-bond acceptors (Lipinski definition) is 4. The third-order valence-corrected chi connectivity index (χ3v) is 3.95. The van der Waals surface area contributed by atoms with Crippen LogP contribution in [0.2, 0.25) is 0 Å². The first-order valence-electron chi connectivity index (χ1n) is 6.05. The molecule has 1 aromatic heterocycles. The minimum absolute atomic E-state index is 0.365. The third kappa shape index (κ3) is 3.32. The molecule has 0 atom stereocenters. The van der Waals surface area contributed by atoms with E-state index in [4.69, 9.17) is 0 Å². The van der Waals surface area contributed by atoms with Crippen LogP contribution in [0.1, 0.15) is 29.1 Å². The van der Waals surface area contributed by atoms with Crippen LogP contribution in [0.15, 0.2) is 24.3 Å². The molecule has 19 heavy (non-hydrogen) atoms. The zero-order valence-electron chi connectivity index (χ0n) is 10.9. The van der Waals surface area contributed by atoms with Crippen molar-refractivity contribution in [2.45, 2.75) is 26.0 Å². The van der Waals surface area contributed by atoms with E-state index in [1.165, 1.54) is 11.3 Å². The molecule has 2 aromatic rings. The Hall–Kier alpha value is -1.43. The SMILES string of the molecule is CC(C)(O)CNCc1c(C(=O)O)sc2ccccc12. The highest BCUT2D eigenvalue weighted by atomic mass is 32.1. The number of hydrogen-bond donors (Lipinski definition) is 3. The monoisotopic (exact) mass is 279 g/mol. The Morgan fingerprint density at radius 1 is 1.37 bits per heavy atom. The van der Waals surface area contributed by atoms with Gasteiger partial charge in [0.2, 0.25) is 0 Å². The molecule has 4 nitrogen and oxygen atoms in total. The van der Waals surface area contributed by atoms with Gasteiger partial charge in [-0.25, -0.2) is 4.79 Å². The molecule has 2 rings (SSSR count). The lowest BCUT2D eigenvalue weighted by Crippen LogP contribution is -2.34. The van der Waals surface area contributed by atoms with E-state index in [1.807, 2.05) is 24.3 Å². The zero-order valence-corrected chi connectivity index (χ0v) is 11.8. The van der Waals surface area contributed by atoms with E-state index < -0.39 is 11.6 Å². The van der Waals surface area contributed by atoms with Crippen molar-refractivity contribution in [2.75, 3.05) is 6.54 Å². The second-order valence-corrected chi connectivity index (χ2v) is 6.18. The molecule has 102 valence electrons. The van der Waals surface area contributed by atoms with E-state index in [2.05, 4.69) is 5.32 Å². The summed E-state index contributed by atoms with van der Waals surface area (Å²) < 4.78 is 0.972. The van der Waals surface area contributed by atoms with Crippen LogP contribution in [0.25, 0.3) is 10.1 Å². The predicted molar refractivity (Wildman–Crippen MR) is 76.8 cm³/mol. The van der Waals surface area contributed by atoms with E-state index >= 15 is 0 Å². The molecule has 1 aromatic carbocycles.